The minimum absolute atomic E-state index is 0.900. The second kappa shape index (κ2) is 30.8. The molecule has 0 unspecified atom stereocenters. The van der Waals surface area contributed by atoms with Crippen molar-refractivity contribution in [3.63, 3.8) is 0 Å². The molecule has 290 valence electrons. The van der Waals surface area contributed by atoms with Crippen LogP contribution in [-0.2, 0) is 25.7 Å². The van der Waals surface area contributed by atoms with E-state index in [1.807, 2.05) is 0 Å². The van der Waals surface area contributed by atoms with Gasteiger partial charge in [-0.2, -0.15) is 0 Å². The van der Waals surface area contributed by atoms with Crippen molar-refractivity contribution in [1.82, 2.24) is 0 Å². The van der Waals surface area contributed by atoms with Gasteiger partial charge in [-0.3, -0.25) is 4.99 Å². The van der Waals surface area contributed by atoms with Crippen molar-refractivity contribution in [1.29, 1.82) is 0 Å². The third-order valence-corrected chi connectivity index (χ3v) is 10.3. The zero-order chi connectivity index (χ0) is 37.5. The maximum atomic E-state index is 5.53. The van der Waals surface area contributed by atoms with Crippen LogP contribution in [0.1, 0.15) is 218 Å². The number of hydrogen-bond donors (Lipinski definition) is 0. The first kappa shape index (κ1) is 45.5. The number of aryl methyl sites for hydroxylation is 4. The van der Waals surface area contributed by atoms with Gasteiger partial charge in [0.2, 0.25) is 0 Å². The standard InChI is InChI=1S/C50H80N2/c1-7-13-19-21-22-23-24-30-36-50(52-48-41-45(33-27-17-11-5)38-46(42-48)34-28-18-12-6)49(35-29-20-14-8-2)51-47-39-43(31-25-15-9-3)37-44(40-47)32-26-16-10-4/h37-42H,7-29,31-35H2,1-6H3. The van der Waals surface area contributed by atoms with Gasteiger partial charge in [0.25, 0.3) is 0 Å². The Labute approximate surface area is 323 Å². The molecule has 2 nitrogen and oxygen atoms in total. The van der Waals surface area contributed by atoms with E-state index in [1.165, 1.54) is 157 Å². The number of rotatable bonds is 30. The molecule has 2 rings (SSSR count). The average molecular weight is 709 g/mol. The van der Waals surface area contributed by atoms with Crippen LogP contribution in [0.5, 0.6) is 0 Å². The van der Waals surface area contributed by atoms with Crippen LogP contribution in [-0.4, -0.2) is 11.4 Å². The molecule has 0 aliphatic rings. The molecule has 0 bridgehead atoms. The lowest BCUT2D eigenvalue weighted by Gasteiger charge is -2.12. The molecule has 52 heavy (non-hydrogen) atoms. The Balaban J connectivity index is 2.66. The Morgan fingerprint density at radius 1 is 0.404 bits per heavy atom. The predicted octanol–water partition coefficient (Wildman–Crippen LogP) is 16.2. The summed E-state index contributed by atoms with van der Waals surface area (Å²) in [4.78, 5) is 11.0. The van der Waals surface area contributed by atoms with Crippen LogP contribution in [0.15, 0.2) is 46.4 Å². The van der Waals surface area contributed by atoms with E-state index in [-0.39, 0.29) is 0 Å². The highest BCUT2D eigenvalue weighted by Crippen LogP contribution is 2.25. The Hall–Kier alpha value is -2.66. The Bertz CT molecular complexity index is 1260. The number of nitrogens with zero attached hydrogens (tertiary/aromatic N) is 2. The first-order valence-electron chi connectivity index (χ1n) is 22.5. The highest BCUT2D eigenvalue weighted by Gasteiger charge is 2.12. The average Bonchev–Trinajstić information content (AvgIpc) is 3.14. The van der Waals surface area contributed by atoms with Gasteiger partial charge in [-0.15, -0.1) is 0 Å². The summed E-state index contributed by atoms with van der Waals surface area (Å²) in [6.45, 7) is 13.8. The molecule has 2 aromatic carbocycles. The SMILES string of the molecule is CCCCCCCCC#CC(=Nc1cc(CCCCC)cc(CCCCC)c1)C(CCCCCC)=Nc1cc(CCCCC)cc(CCCCC)c1. The molecule has 0 aliphatic heterocycles. The van der Waals surface area contributed by atoms with Crippen LogP contribution in [0.3, 0.4) is 0 Å². The van der Waals surface area contributed by atoms with Gasteiger partial charge in [0.1, 0.15) is 5.71 Å². The summed E-state index contributed by atoms with van der Waals surface area (Å²) in [6.07, 6.45) is 34.1. The van der Waals surface area contributed by atoms with Gasteiger partial charge in [0, 0.05) is 6.42 Å². The Morgan fingerprint density at radius 2 is 0.769 bits per heavy atom. The lowest BCUT2D eigenvalue weighted by atomic mass is 9.99. The molecule has 0 atom stereocenters. The third kappa shape index (κ3) is 21.1. The van der Waals surface area contributed by atoms with Gasteiger partial charge < -0.3 is 0 Å². The predicted molar refractivity (Wildman–Crippen MR) is 235 cm³/mol. The lowest BCUT2D eigenvalue weighted by molar-refractivity contribution is 0.614. The van der Waals surface area contributed by atoms with Crippen molar-refractivity contribution in [2.24, 2.45) is 9.98 Å². The molecule has 0 N–H and O–H groups in total. The summed E-state index contributed by atoms with van der Waals surface area (Å²) in [5.41, 5.74) is 9.89. The van der Waals surface area contributed by atoms with Gasteiger partial charge >= 0.3 is 0 Å². The van der Waals surface area contributed by atoms with E-state index in [1.54, 1.807) is 0 Å². The number of aliphatic imine (C=N–C) groups is 2. The lowest BCUT2D eigenvalue weighted by Crippen LogP contribution is -2.12. The van der Waals surface area contributed by atoms with Gasteiger partial charge in [0.05, 0.1) is 17.1 Å². The highest BCUT2D eigenvalue weighted by atomic mass is 14.8. The molecule has 0 radical (unpaired) electrons. The highest BCUT2D eigenvalue weighted by molar-refractivity contribution is 6.49. The minimum atomic E-state index is 0.900. The molecule has 0 spiro atoms. The number of hydrogen-bond acceptors (Lipinski definition) is 2. The molecule has 2 aromatic rings. The van der Waals surface area contributed by atoms with Gasteiger partial charge in [0.15, 0.2) is 0 Å². The van der Waals surface area contributed by atoms with Crippen LogP contribution in [0.2, 0.25) is 0 Å². The summed E-state index contributed by atoms with van der Waals surface area (Å²) >= 11 is 0. The zero-order valence-corrected chi connectivity index (χ0v) is 35.2. The molecule has 0 aliphatic carbocycles. The second-order valence-electron chi connectivity index (χ2n) is 15.5. The van der Waals surface area contributed by atoms with E-state index >= 15 is 0 Å². The van der Waals surface area contributed by atoms with Gasteiger partial charge in [-0.25, -0.2) is 4.99 Å². The van der Waals surface area contributed by atoms with Gasteiger partial charge in [-0.1, -0.05) is 162 Å². The molecule has 0 fully saturated rings. The van der Waals surface area contributed by atoms with E-state index in [2.05, 4.69) is 89.8 Å². The van der Waals surface area contributed by atoms with Gasteiger partial charge in [-0.05, 0) is 123 Å². The third-order valence-electron chi connectivity index (χ3n) is 10.3. The molecule has 0 saturated carbocycles. The van der Waals surface area contributed by atoms with E-state index in [0.29, 0.717) is 0 Å². The molecule has 2 heteroatoms. The van der Waals surface area contributed by atoms with Crippen LogP contribution in [0.4, 0.5) is 11.4 Å². The number of unbranched alkanes of at least 4 members (excludes halogenated alkanes) is 17. The van der Waals surface area contributed by atoms with Crippen LogP contribution in [0, 0.1) is 11.8 Å². The van der Waals surface area contributed by atoms with Crippen molar-refractivity contribution in [3.05, 3.63) is 58.7 Å². The smallest absolute Gasteiger partial charge is 0.135 e. The monoisotopic (exact) mass is 709 g/mol. The largest absolute Gasteiger partial charge is 0.250 e. The normalized spacial score (nSPS) is 12.0. The Kier molecular flexibility index (Phi) is 26.9. The summed E-state index contributed by atoms with van der Waals surface area (Å²) in [6, 6.07) is 14.4. The molecule has 0 aromatic heterocycles. The van der Waals surface area contributed by atoms with E-state index < -0.39 is 0 Å². The Morgan fingerprint density at radius 3 is 1.21 bits per heavy atom. The second-order valence-corrected chi connectivity index (χ2v) is 15.5. The van der Waals surface area contributed by atoms with Crippen molar-refractivity contribution in [2.75, 3.05) is 0 Å². The first-order chi connectivity index (χ1) is 25.6. The van der Waals surface area contributed by atoms with Crippen LogP contribution >= 0.6 is 0 Å². The molecule has 0 amide bonds. The summed E-state index contributed by atoms with van der Waals surface area (Å²) in [5.74, 6) is 7.26. The zero-order valence-electron chi connectivity index (χ0n) is 35.2. The maximum absolute atomic E-state index is 5.53. The van der Waals surface area contributed by atoms with E-state index in [4.69, 9.17) is 9.98 Å². The van der Waals surface area contributed by atoms with Crippen LogP contribution < -0.4 is 0 Å². The molecular formula is C50H80N2. The summed E-state index contributed by atoms with van der Waals surface area (Å²) in [7, 11) is 0. The fraction of sp³-hybridized carbons (Fsp3) is 0.680. The fourth-order valence-corrected chi connectivity index (χ4v) is 7.04. The minimum Gasteiger partial charge on any atom is -0.250 e. The van der Waals surface area contributed by atoms with Crippen LogP contribution in [0.25, 0.3) is 0 Å². The van der Waals surface area contributed by atoms with Crippen molar-refractivity contribution in [3.8, 4) is 11.8 Å². The molecular weight excluding hydrogens is 629 g/mol. The van der Waals surface area contributed by atoms with E-state index in [0.717, 1.165) is 67.7 Å². The fourth-order valence-electron chi connectivity index (χ4n) is 7.04. The number of benzene rings is 2. The van der Waals surface area contributed by atoms with E-state index in [9.17, 15) is 0 Å². The summed E-state index contributed by atoms with van der Waals surface area (Å²) < 4.78 is 0. The quantitative estimate of drug-likeness (QED) is 0.0438. The van der Waals surface area contributed by atoms with Crippen molar-refractivity contribution < 1.29 is 0 Å². The topological polar surface area (TPSA) is 24.7 Å². The summed E-state index contributed by atoms with van der Waals surface area (Å²) in [5, 5.41) is 0. The van der Waals surface area contributed by atoms with Crippen molar-refractivity contribution in [2.45, 2.75) is 221 Å². The molecule has 0 heterocycles. The first-order valence-corrected chi connectivity index (χ1v) is 22.5. The van der Waals surface area contributed by atoms with Crippen molar-refractivity contribution >= 4 is 22.8 Å². The maximum Gasteiger partial charge on any atom is 0.135 e. The molecule has 0 saturated heterocycles.